The summed E-state index contributed by atoms with van der Waals surface area (Å²) in [6, 6.07) is 7.46. The number of aliphatic hydroxyl groups excluding tert-OH is 1. The van der Waals surface area contributed by atoms with Gasteiger partial charge < -0.3 is 50.7 Å². The lowest BCUT2D eigenvalue weighted by Gasteiger charge is -2.68. The maximum absolute atomic E-state index is 15.6. The molecule has 2 bridgehead atoms. The van der Waals surface area contributed by atoms with Crippen molar-refractivity contribution < 1.29 is 53.1 Å². The van der Waals surface area contributed by atoms with Gasteiger partial charge in [0, 0.05) is 37.8 Å². The van der Waals surface area contributed by atoms with Crippen molar-refractivity contribution in [3.63, 3.8) is 0 Å². The van der Waals surface area contributed by atoms with E-state index in [0.717, 1.165) is 12.3 Å². The average Bonchev–Trinajstić information content (AvgIpc) is 3.15. The second-order valence-electron chi connectivity index (χ2n) is 16.4. The minimum atomic E-state index is -1.81. The number of esters is 1. The first kappa shape index (κ1) is 42.3. The van der Waals surface area contributed by atoms with Gasteiger partial charge in [0.05, 0.1) is 49.3 Å². The molecule has 16 nitrogen and oxygen atoms in total. The van der Waals surface area contributed by atoms with Gasteiger partial charge >= 0.3 is 18.2 Å². The van der Waals surface area contributed by atoms with Gasteiger partial charge in [-0.15, -0.1) is 0 Å². The van der Waals surface area contributed by atoms with Gasteiger partial charge in [-0.1, -0.05) is 58.0 Å². The molecule has 2 amide bonds. The van der Waals surface area contributed by atoms with Crippen LogP contribution in [0.2, 0.25) is 0 Å². The second kappa shape index (κ2) is 15.6. The lowest BCUT2D eigenvalue weighted by molar-refractivity contribution is -0.302. The summed E-state index contributed by atoms with van der Waals surface area (Å²) < 4.78 is 24.3. The normalized spacial score (nSPS) is 34.6. The molecule has 0 aromatic heterocycles. The van der Waals surface area contributed by atoms with Crippen LogP contribution in [0.1, 0.15) is 66.0 Å². The molecule has 2 saturated carbocycles. The number of hydrogen-bond acceptors (Lipinski definition) is 14. The van der Waals surface area contributed by atoms with Gasteiger partial charge in [0.15, 0.2) is 18.0 Å². The van der Waals surface area contributed by atoms with Crippen molar-refractivity contribution in [3.05, 3.63) is 47.0 Å². The summed E-state index contributed by atoms with van der Waals surface area (Å²) in [5, 5.41) is 27.5. The maximum atomic E-state index is 15.6. The highest BCUT2D eigenvalue weighted by atomic mass is 16.6. The van der Waals surface area contributed by atoms with E-state index in [0.29, 0.717) is 17.3 Å². The number of hydrogen-bond donors (Lipinski definition) is 5. The number of nitrogens with two attached hydrogens (primary N) is 2. The Balaban J connectivity index is 1.68. The topological polar surface area (TPSA) is 233 Å². The minimum Gasteiger partial charge on any atom is -0.456 e. The summed E-state index contributed by atoms with van der Waals surface area (Å²) in [6.45, 7) is 10.5. The van der Waals surface area contributed by atoms with Gasteiger partial charge in [0.2, 0.25) is 0 Å². The molecule has 1 unspecified atom stereocenters. The van der Waals surface area contributed by atoms with E-state index in [4.69, 9.17) is 30.4 Å². The number of nitrogens with zero attached hydrogens (tertiary/aromatic N) is 2. The Morgan fingerprint density at radius 2 is 1.65 bits per heavy atom. The first-order valence-electron chi connectivity index (χ1n) is 18.6. The predicted molar refractivity (Wildman–Crippen MR) is 199 cm³/mol. The number of carbonyl (C=O) groups excluding carboxylic acids is 5. The highest BCUT2D eigenvalue weighted by Gasteiger charge is 2.74. The van der Waals surface area contributed by atoms with Crippen LogP contribution in [0.3, 0.4) is 0 Å². The molecule has 17 heteroatoms. The summed E-state index contributed by atoms with van der Waals surface area (Å²) in [7, 11) is 3.93. The lowest BCUT2D eigenvalue weighted by Crippen LogP contribution is -2.75. The van der Waals surface area contributed by atoms with Crippen molar-refractivity contribution >= 4 is 37.5 Å². The number of aliphatic hydroxyl groups is 2. The molecule has 1 aromatic carbocycles. The Kier molecular flexibility index (Phi) is 12.0. The Labute approximate surface area is 322 Å². The van der Waals surface area contributed by atoms with Crippen LogP contribution in [0.25, 0.3) is 0 Å². The van der Waals surface area contributed by atoms with Crippen molar-refractivity contribution in [3.8, 4) is 0 Å². The predicted octanol–water partition coefficient (Wildman–Crippen LogP) is 1.23. The van der Waals surface area contributed by atoms with Gasteiger partial charge in [0.1, 0.15) is 12.2 Å². The Morgan fingerprint density at radius 3 is 2.20 bits per heavy atom. The van der Waals surface area contributed by atoms with Gasteiger partial charge in [-0.25, -0.2) is 14.4 Å². The van der Waals surface area contributed by atoms with Crippen LogP contribution in [0.15, 0.2) is 41.5 Å². The molecule has 1 aromatic rings. The SMILES string of the molecule is CC1=C2[C@@H](OC(=O)N(C)CN)C(=O)[C@]3(C)[C@@H](OC(=O)N(C)CN)C[C@H]4OC[C@@]4(C)[C@H]3[C@H](C)[C@](O)(CC1OC(=O)[C@H](O)[C@@H](N[B]C=O)c1ccccc1)C2(C)C. The first-order valence-corrected chi connectivity index (χ1v) is 18.6. The zero-order valence-electron chi connectivity index (χ0n) is 32.8. The van der Waals surface area contributed by atoms with Crippen LogP contribution in [0.4, 0.5) is 9.59 Å². The van der Waals surface area contributed by atoms with Crippen LogP contribution >= 0.6 is 0 Å². The van der Waals surface area contributed by atoms with Crippen molar-refractivity contribution in [2.45, 2.75) is 96.5 Å². The van der Waals surface area contributed by atoms with Gasteiger partial charge in [0.25, 0.3) is 7.41 Å². The quantitative estimate of drug-likeness (QED) is 0.0533. The van der Waals surface area contributed by atoms with Gasteiger partial charge in [-0.3, -0.25) is 14.6 Å². The van der Waals surface area contributed by atoms with Crippen molar-refractivity contribution in [1.29, 1.82) is 0 Å². The summed E-state index contributed by atoms with van der Waals surface area (Å²) in [5.41, 5.74) is 7.27. The number of ether oxygens (including phenoxy) is 4. The van der Waals surface area contributed by atoms with Crippen molar-refractivity contribution in [2.75, 3.05) is 34.0 Å². The molecule has 11 atom stereocenters. The number of benzene rings is 1. The number of Topliss-reactive ketones (excluding diaryl/α,β-unsaturated/α-hetero) is 1. The summed E-state index contributed by atoms with van der Waals surface area (Å²) >= 11 is 0. The van der Waals surface area contributed by atoms with Crippen LogP contribution in [-0.4, -0.2) is 128 Å². The molecule has 3 aliphatic carbocycles. The third-order valence-electron chi connectivity index (χ3n) is 13.2. The zero-order valence-corrected chi connectivity index (χ0v) is 32.8. The Hall–Kier alpha value is -3.87. The third kappa shape index (κ3) is 6.86. The molecule has 3 fully saturated rings. The molecule has 7 N–H and O–H groups in total. The summed E-state index contributed by atoms with van der Waals surface area (Å²) in [5.74, 6) is -3.11. The summed E-state index contributed by atoms with van der Waals surface area (Å²) in [4.78, 5) is 69.9. The fourth-order valence-corrected chi connectivity index (χ4v) is 9.87. The Morgan fingerprint density at radius 1 is 1.05 bits per heavy atom. The van der Waals surface area contributed by atoms with Crippen LogP contribution in [0.5, 0.6) is 0 Å². The van der Waals surface area contributed by atoms with Gasteiger partial charge in [-0.2, -0.15) is 0 Å². The third-order valence-corrected chi connectivity index (χ3v) is 13.2. The smallest absolute Gasteiger partial charge is 0.411 e. The summed E-state index contributed by atoms with van der Waals surface area (Å²) in [6.07, 6.45) is -7.41. The second-order valence-corrected chi connectivity index (χ2v) is 16.4. The highest BCUT2D eigenvalue weighted by molar-refractivity contribution is 6.64. The lowest BCUT2D eigenvalue weighted by atomic mass is 9.40. The monoisotopic (exact) mass is 768 g/mol. The van der Waals surface area contributed by atoms with E-state index in [9.17, 15) is 29.4 Å². The van der Waals surface area contributed by atoms with E-state index in [1.165, 1.54) is 19.0 Å². The largest absolute Gasteiger partial charge is 0.456 e. The minimum absolute atomic E-state index is 0.147. The number of carbonyl (C=O) groups is 5. The fraction of sp³-hybridized carbons (Fsp3) is 0.658. The zero-order chi connectivity index (χ0) is 40.8. The molecule has 0 spiro atoms. The highest BCUT2D eigenvalue weighted by Crippen LogP contribution is 2.67. The van der Waals surface area contributed by atoms with Crippen LogP contribution in [0, 0.1) is 28.1 Å². The molecule has 5 rings (SSSR count). The van der Waals surface area contributed by atoms with E-state index >= 15 is 4.79 Å². The number of amides is 2. The van der Waals surface area contributed by atoms with E-state index < -0.39 is 94.2 Å². The van der Waals surface area contributed by atoms with Crippen LogP contribution in [-0.2, 0) is 33.3 Å². The molecular weight excluding hydrogens is 713 g/mol. The van der Waals surface area contributed by atoms with E-state index in [1.807, 2.05) is 13.8 Å². The van der Waals surface area contributed by atoms with Crippen molar-refractivity contribution in [2.24, 2.45) is 39.5 Å². The fourth-order valence-electron chi connectivity index (χ4n) is 9.87. The molecule has 1 heterocycles. The van der Waals surface area contributed by atoms with Crippen molar-refractivity contribution in [1.82, 2.24) is 15.0 Å². The molecule has 1 radical (unpaired) electrons. The number of ketones is 1. The van der Waals surface area contributed by atoms with Crippen LogP contribution < -0.4 is 16.7 Å². The first-order chi connectivity index (χ1) is 25.8. The molecule has 301 valence electrons. The van der Waals surface area contributed by atoms with E-state index in [1.54, 1.807) is 58.0 Å². The maximum Gasteiger partial charge on any atom is 0.411 e. The average molecular weight is 769 g/mol. The molecule has 55 heavy (non-hydrogen) atoms. The number of nitrogens with one attached hydrogen (secondary N) is 1. The Bertz CT molecular complexity index is 1700. The van der Waals surface area contributed by atoms with Gasteiger partial charge in [-0.05, 0) is 42.4 Å². The van der Waals surface area contributed by atoms with E-state index in [2.05, 4.69) is 5.23 Å². The molecular formula is C38H55BN5O11. The molecule has 4 aliphatic rings. The van der Waals surface area contributed by atoms with E-state index in [-0.39, 0.29) is 38.4 Å². The number of rotatable bonds is 11. The standard InChI is InChI=1S/C38H55BN5O11/c1-20-23(53-32(48)28(46)27(42-39-17-45)22-12-10-9-11-13-22)15-38(51)21(2)30-36(5)16-52-24(36)14-25(54-33(49)43(7)18-40)37(30,6)31(47)29(26(20)35(38,3)4)55-34(50)44(8)19-41/h9-13,17,21,23-25,27-30,42,46,51H,14-16,18-19,40-41H2,1-8H3/t21-,23?,24+,25-,27-,28+,29+,30+,36+,37+,38+/m0/s1. The molecule has 1 aliphatic heterocycles. The number of fused-ring (bicyclic) bond motifs is 5. The molecule has 1 saturated heterocycles.